The van der Waals surface area contributed by atoms with Crippen LogP contribution in [-0.4, -0.2) is 87.6 Å². The van der Waals surface area contributed by atoms with Gasteiger partial charge in [0.15, 0.2) is 17.9 Å². The molecule has 0 bridgehead atoms. The molecule has 5 heterocycles. The molecule has 0 spiro atoms. The summed E-state index contributed by atoms with van der Waals surface area (Å²) in [5, 5.41) is 0.271. The zero-order chi connectivity index (χ0) is 26.1. The molecule has 14 heteroatoms. The molecule has 3 aliphatic rings. The average molecular weight is 530 g/mol. The number of nitrogens with two attached hydrogens (primary N) is 2. The molecule has 0 saturated carbocycles. The van der Waals surface area contributed by atoms with Crippen molar-refractivity contribution in [1.82, 2.24) is 35.6 Å². The third kappa shape index (κ3) is 5.25. The van der Waals surface area contributed by atoms with Crippen LogP contribution in [-0.2, 0) is 0 Å². The van der Waals surface area contributed by atoms with E-state index in [-0.39, 0.29) is 28.5 Å². The maximum Gasteiger partial charge on any atom is 0.291 e. The molecule has 3 aliphatic heterocycles. The van der Waals surface area contributed by atoms with E-state index in [0.29, 0.717) is 55.1 Å². The number of halogens is 1. The molecular formula is C23H32ClN11O2. The number of nitrogen functional groups attached to an aromatic ring is 1. The number of amidine groups is 1. The van der Waals surface area contributed by atoms with Crippen LogP contribution in [0.2, 0.25) is 5.15 Å². The normalized spacial score (nSPS) is 23.2. The number of likely N-dealkylation sites (tertiary alicyclic amines) is 1. The number of amides is 1. The second-order valence-electron chi connectivity index (χ2n) is 9.48. The zero-order valence-electron chi connectivity index (χ0n) is 20.7. The molecule has 198 valence electrons. The van der Waals surface area contributed by atoms with Crippen molar-refractivity contribution in [1.29, 1.82) is 0 Å². The molecule has 2 unspecified atom stereocenters. The smallest absolute Gasteiger partial charge is 0.291 e. The molecule has 7 N–H and O–H groups in total. The van der Waals surface area contributed by atoms with Crippen LogP contribution in [0.25, 0.3) is 0 Å². The number of hydrogen-bond donors (Lipinski definition) is 5. The highest BCUT2D eigenvalue weighted by Crippen LogP contribution is 2.26. The van der Waals surface area contributed by atoms with Gasteiger partial charge in [0.05, 0.1) is 11.8 Å². The molecule has 5 rings (SSSR count). The number of pyridine rings is 1. The van der Waals surface area contributed by atoms with Crippen LogP contribution in [0.5, 0.6) is 0 Å². The third-order valence-electron chi connectivity index (χ3n) is 7.27. The lowest BCUT2D eigenvalue weighted by Gasteiger charge is -2.47. The van der Waals surface area contributed by atoms with E-state index in [9.17, 15) is 9.59 Å². The maximum absolute atomic E-state index is 13.0. The largest absolute Gasteiger partial charge is 0.383 e. The number of rotatable bonds is 5. The molecule has 2 atom stereocenters. The van der Waals surface area contributed by atoms with E-state index >= 15 is 0 Å². The number of aromatic nitrogens is 3. The summed E-state index contributed by atoms with van der Waals surface area (Å²) in [5.74, 6) is 0.917. The highest BCUT2D eigenvalue weighted by atomic mass is 35.5. The summed E-state index contributed by atoms with van der Waals surface area (Å²) >= 11 is 5.87. The second-order valence-corrected chi connectivity index (χ2v) is 9.86. The van der Waals surface area contributed by atoms with E-state index in [0.717, 1.165) is 25.8 Å². The number of nitrogens with one attached hydrogen (secondary N) is 3. The van der Waals surface area contributed by atoms with Crippen molar-refractivity contribution in [2.75, 3.05) is 43.4 Å². The Hall–Kier alpha value is -3.26. The first-order valence-corrected chi connectivity index (χ1v) is 12.9. The first-order valence-electron chi connectivity index (χ1n) is 12.5. The summed E-state index contributed by atoms with van der Waals surface area (Å²) in [6.45, 7) is 5.70. The van der Waals surface area contributed by atoms with Crippen molar-refractivity contribution in [3.8, 4) is 0 Å². The number of piperidine rings is 1. The van der Waals surface area contributed by atoms with E-state index < -0.39 is 6.29 Å². The first-order chi connectivity index (χ1) is 17.8. The number of piperazine rings is 1. The van der Waals surface area contributed by atoms with Crippen LogP contribution in [0.15, 0.2) is 28.1 Å². The van der Waals surface area contributed by atoms with E-state index in [1.807, 2.05) is 4.90 Å². The van der Waals surface area contributed by atoms with Gasteiger partial charge in [-0.15, -0.1) is 0 Å². The topological polar surface area (TPSA) is 174 Å². The van der Waals surface area contributed by atoms with Crippen molar-refractivity contribution in [3.63, 3.8) is 0 Å². The molecule has 2 fully saturated rings. The zero-order valence-corrected chi connectivity index (χ0v) is 21.4. The molecule has 2 aromatic rings. The van der Waals surface area contributed by atoms with Crippen molar-refractivity contribution in [2.24, 2.45) is 10.7 Å². The van der Waals surface area contributed by atoms with E-state index in [1.165, 1.54) is 0 Å². The average Bonchev–Trinajstić information content (AvgIpc) is 3.34. The van der Waals surface area contributed by atoms with Crippen molar-refractivity contribution >= 4 is 35.0 Å². The summed E-state index contributed by atoms with van der Waals surface area (Å²) in [6, 6.07) is 3.87. The Morgan fingerprint density at radius 1 is 1.22 bits per heavy atom. The second kappa shape index (κ2) is 10.6. The van der Waals surface area contributed by atoms with E-state index in [1.54, 1.807) is 18.3 Å². The maximum atomic E-state index is 13.0. The summed E-state index contributed by atoms with van der Waals surface area (Å²) < 4.78 is 0. The lowest BCUT2D eigenvalue weighted by molar-refractivity contribution is 0.0491. The number of anilines is 2. The van der Waals surface area contributed by atoms with Crippen LogP contribution < -0.4 is 32.8 Å². The molecule has 1 amide bonds. The van der Waals surface area contributed by atoms with Gasteiger partial charge in [-0.2, -0.15) is 5.43 Å². The highest BCUT2D eigenvalue weighted by molar-refractivity contribution is 6.29. The van der Waals surface area contributed by atoms with E-state index in [2.05, 4.69) is 47.5 Å². The van der Waals surface area contributed by atoms with E-state index in [4.69, 9.17) is 23.1 Å². The fourth-order valence-electron chi connectivity index (χ4n) is 5.33. The molecule has 2 aromatic heterocycles. The Labute approximate surface area is 219 Å². The number of carbonyl (C=O) groups excluding carboxylic acids is 1. The van der Waals surface area contributed by atoms with Gasteiger partial charge in [0, 0.05) is 44.8 Å². The lowest BCUT2D eigenvalue weighted by atomic mass is 9.97. The number of hydrogen-bond acceptors (Lipinski definition) is 11. The quantitative estimate of drug-likeness (QED) is 0.323. The van der Waals surface area contributed by atoms with Gasteiger partial charge in [-0.3, -0.25) is 20.2 Å². The fraction of sp³-hybridized carbons (Fsp3) is 0.522. The van der Waals surface area contributed by atoms with Gasteiger partial charge in [0.1, 0.15) is 16.7 Å². The van der Waals surface area contributed by atoms with Crippen LogP contribution in [0.4, 0.5) is 11.6 Å². The summed E-state index contributed by atoms with van der Waals surface area (Å²) in [6.07, 6.45) is 3.74. The number of aromatic amines is 1. The summed E-state index contributed by atoms with van der Waals surface area (Å²) in [7, 11) is 0. The SMILES string of the molecule is CCC1CN(c2ncc(C3=NC(N)NN3)[nH]c2=O)CCN1C1CCN(C(=O)c2ccc(Cl)nc2N)CC1. The van der Waals surface area contributed by atoms with Gasteiger partial charge < -0.3 is 25.9 Å². The van der Waals surface area contributed by atoms with Crippen LogP contribution in [0.1, 0.15) is 42.2 Å². The minimum Gasteiger partial charge on any atom is -0.383 e. The minimum absolute atomic E-state index is 0.109. The van der Waals surface area contributed by atoms with Crippen LogP contribution in [0, 0.1) is 0 Å². The van der Waals surface area contributed by atoms with Gasteiger partial charge >= 0.3 is 0 Å². The number of carbonyl (C=O) groups is 1. The molecule has 13 nitrogen and oxygen atoms in total. The predicted molar refractivity (Wildman–Crippen MR) is 141 cm³/mol. The molecule has 0 radical (unpaired) electrons. The number of hydrazine groups is 1. The third-order valence-corrected chi connectivity index (χ3v) is 7.48. The Morgan fingerprint density at radius 3 is 2.65 bits per heavy atom. The monoisotopic (exact) mass is 529 g/mol. The van der Waals surface area contributed by atoms with Crippen LogP contribution in [0.3, 0.4) is 0 Å². The highest BCUT2D eigenvalue weighted by Gasteiger charge is 2.35. The molecule has 2 saturated heterocycles. The Kier molecular flexibility index (Phi) is 7.29. The molecule has 0 aliphatic carbocycles. The van der Waals surface area contributed by atoms with Gasteiger partial charge in [-0.1, -0.05) is 18.5 Å². The van der Waals surface area contributed by atoms with Gasteiger partial charge in [0.25, 0.3) is 11.5 Å². The van der Waals surface area contributed by atoms with Gasteiger partial charge in [-0.25, -0.2) is 15.0 Å². The Morgan fingerprint density at radius 2 is 2.00 bits per heavy atom. The fourth-order valence-corrected chi connectivity index (χ4v) is 5.49. The van der Waals surface area contributed by atoms with Crippen molar-refractivity contribution in [3.05, 3.63) is 45.1 Å². The molecule has 0 aromatic carbocycles. The lowest BCUT2D eigenvalue weighted by Crippen LogP contribution is -2.59. The number of H-pyrrole nitrogens is 1. The van der Waals surface area contributed by atoms with Gasteiger partial charge in [-0.05, 0) is 31.4 Å². The van der Waals surface area contributed by atoms with Gasteiger partial charge in [0.2, 0.25) is 0 Å². The Bertz CT molecular complexity index is 1240. The van der Waals surface area contributed by atoms with Crippen LogP contribution >= 0.6 is 11.6 Å². The Balaban J connectivity index is 1.20. The molecule has 37 heavy (non-hydrogen) atoms. The standard InChI is InChI=1S/C23H32ClN11O2/c1-2-13-12-34(20-21(36)28-16(11-27-20)19-30-23(26)32-31-19)9-10-35(13)14-5-7-33(8-6-14)22(37)15-3-4-17(24)29-18(15)25/h3-4,11,13-14,23,32H,2,5-10,12,26H2,1H3,(H2,25,29)(H,28,36)(H,30,31). The number of nitrogens with zero attached hydrogens (tertiary/aromatic N) is 6. The van der Waals surface area contributed by atoms with Crippen molar-refractivity contribution < 1.29 is 4.79 Å². The molecular weight excluding hydrogens is 498 g/mol. The first kappa shape index (κ1) is 25.4. The predicted octanol–water partition coefficient (Wildman–Crippen LogP) is -0.297. The summed E-state index contributed by atoms with van der Waals surface area (Å²) in [4.78, 5) is 47.7. The number of aliphatic imine (C=N–C) groups is 1. The minimum atomic E-state index is -0.561. The summed E-state index contributed by atoms with van der Waals surface area (Å²) in [5.41, 5.74) is 17.8. The van der Waals surface area contributed by atoms with Crippen molar-refractivity contribution in [2.45, 2.75) is 44.6 Å².